The first-order chi connectivity index (χ1) is 8.83. The summed E-state index contributed by atoms with van der Waals surface area (Å²) < 4.78 is 0. The van der Waals surface area contributed by atoms with Crippen LogP contribution >= 0.6 is 11.6 Å². The highest BCUT2D eigenvalue weighted by molar-refractivity contribution is 6.34. The summed E-state index contributed by atoms with van der Waals surface area (Å²) in [5.74, 6) is -0.437. The number of nitrogens with two attached hydrogens (primary N) is 1. The number of anilines is 1. The van der Waals surface area contributed by atoms with Gasteiger partial charge in [-0.3, -0.25) is 9.59 Å². The van der Waals surface area contributed by atoms with Gasteiger partial charge in [0.25, 0.3) is 5.91 Å². The van der Waals surface area contributed by atoms with Gasteiger partial charge >= 0.3 is 0 Å². The Morgan fingerprint density at radius 1 is 1.37 bits per heavy atom. The summed E-state index contributed by atoms with van der Waals surface area (Å²) >= 11 is 5.99. The minimum atomic E-state index is -0.745. The van der Waals surface area contributed by atoms with Crippen LogP contribution < -0.4 is 11.1 Å². The van der Waals surface area contributed by atoms with Crippen LogP contribution in [0.1, 0.15) is 23.2 Å². The van der Waals surface area contributed by atoms with Crippen LogP contribution in [0, 0.1) is 0 Å². The van der Waals surface area contributed by atoms with E-state index in [1.54, 1.807) is 32.3 Å². The molecular formula is C13H16ClN3O2. The van der Waals surface area contributed by atoms with Crippen LogP contribution in [-0.2, 0) is 4.79 Å². The van der Waals surface area contributed by atoms with E-state index in [9.17, 15) is 9.59 Å². The number of benzene rings is 1. The van der Waals surface area contributed by atoms with E-state index in [-0.39, 0.29) is 11.8 Å². The molecule has 0 aromatic heterocycles. The maximum Gasteiger partial charge on any atom is 0.254 e. The van der Waals surface area contributed by atoms with Gasteiger partial charge in [-0.25, -0.2) is 0 Å². The minimum Gasteiger partial charge on any atom is -0.345 e. The number of carbonyl (C=O) groups excluding carboxylic acids is 2. The van der Waals surface area contributed by atoms with Crippen LogP contribution in [0.4, 0.5) is 5.69 Å². The van der Waals surface area contributed by atoms with E-state index in [1.807, 2.05) is 0 Å². The standard InChI is InChI=1S/C13H16ClN3O2/c1-17(2)11(18)9-7-8(3-4-10(9)14)16-12(19)13(15)5-6-13/h3-4,7H,5-6,15H2,1-2H3,(H,16,19). The Morgan fingerprint density at radius 2 is 2.00 bits per heavy atom. The van der Waals surface area contributed by atoms with Gasteiger partial charge in [0.15, 0.2) is 0 Å². The first-order valence-corrected chi connectivity index (χ1v) is 6.33. The first kappa shape index (κ1) is 13.8. The van der Waals surface area contributed by atoms with E-state index in [0.717, 1.165) is 0 Å². The van der Waals surface area contributed by atoms with Gasteiger partial charge in [0.05, 0.1) is 16.1 Å². The predicted molar refractivity (Wildman–Crippen MR) is 74.3 cm³/mol. The second-order valence-corrected chi connectivity index (χ2v) is 5.41. The molecule has 6 heteroatoms. The third-order valence-corrected chi connectivity index (χ3v) is 3.43. The normalized spacial score (nSPS) is 15.8. The molecule has 0 atom stereocenters. The quantitative estimate of drug-likeness (QED) is 0.881. The van der Waals surface area contributed by atoms with Crippen molar-refractivity contribution < 1.29 is 9.59 Å². The molecule has 5 nitrogen and oxygen atoms in total. The molecule has 1 aliphatic carbocycles. The molecule has 3 N–H and O–H groups in total. The molecule has 19 heavy (non-hydrogen) atoms. The van der Waals surface area contributed by atoms with Gasteiger partial charge in [-0.1, -0.05) is 11.6 Å². The molecule has 0 aliphatic heterocycles. The fourth-order valence-electron chi connectivity index (χ4n) is 1.63. The molecule has 1 aromatic carbocycles. The molecule has 0 heterocycles. The fourth-order valence-corrected chi connectivity index (χ4v) is 1.82. The molecule has 1 fully saturated rings. The van der Waals surface area contributed by atoms with Crippen molar-refractivity contribution in [1.29, 1.82) is 0 Å². The highest BCUT2D eigenvalue weighted by Gasteiger charge is 2.45. The van der Waals surface area contributed by atoms with Crippen molar-refractivity contribution in [2.45, 2.75) is 18.4 Å². The third-order valence-electron chi connectivity index (χ3n) is 3.10. The minimum absolute atomic E-state index is 0.213. The average molecular weight is 282 g/mol. The zero-order valence-electron chi connectivity index (χ0n) is 10.9. The summed E-state index contributed by atoms with van der Waals surface area (Å²) in [5, 5.41) is 3.06. The van der Waals surface area contributed by atoms with Crippen LogP contribution in [0.15, 0.2) is 18.2 Å². The average Bonchev–Trinajstić information content (AvgIpc) is 3.10. The summed E-state index contributed by atoms with van der Waals surface area (Å²) in [7, 11) is 3.28. The number of nitrogens with one attached hydrogen (secondary N) is 1. The Balaban J connectivity index is 2.21. The van der Waals surface area contributed by atoms with Crippen molar-refractivity contribution in [3.63, 3.8) is 0 Å². The van der Waals surface area contributed by atoms with E-state index in [2.05, 4.69) is 5.32 Å². The van der Waals surface area contributed by atoms with Gasteiger partial charge < -0.3 is 16.0 Å². The molecule has 0 saturated heterocycles. The number of hydrogen-bond donors (Lipinski definition) is 2. The Hall–Kier alpha value is -1.59. The summed E-state index contributed by atoms with van der Waals surface area (Å²) in [4.78, 5) is 25.2. The number of amides is 2. The van der Waals surface area contributed by atoms with Gasteiger partial charge in [0.1, 0.15) is 0 Å². The number of halogens is 1. The Kier molecular flexibility index (Phi) is 3.52. The van der Waals surface area contributed by atoms with Crippen molar-refractivity contribution in [3.8, 4) is 0 Å². The monoisotopic (exact) mass is 281 g/mol. The number of hydrogen-bond acceptors (Lipinski definition) is 3. The van der Waals surface area contributed by atoms with Gasteiger partial charge in [0, 0.05) is 19.8 Å². The topological polar surface area (TPSA) is 75.4 Å². The molecule has 2 amide bonds. The molecule has 1 saturated carbocycles. The lowest BCUT2D eigenvalue weighted by atomic mass is 10.1. The van der Waals surface area contributed by atoms with Crippen molar-refractivity contribution in [1.82, 2.24) is 4.90 Å². The van der Waals surface area contributed by atoms with E-state index in [1.165, 1.54) is 4.90 Å². The van der Waals surface area contributed by atoms with Gasteiger partial charge in [0.2, 0.25) is 5.91 Å². The molecule has 1 aromatic rings. The van der Waals surface area contributed by atoms with Crippen LogP contribution in [-0.4, -0.2) is 36.3 Å². The predicted octanol–water partition coefficient (Wildman–Crippen LogP) is 1.47. The lowest BCUT2D eigenvalue weighted by Gasteiger charge is -2.14. The lowest BCUT2D eigenvalue weighted by Crippen LogP contribution is -2.37. The second kappa shape index (κ2) is 4.83. The van der Waals surface area contributed by atoms with E-state index in [4.69, 9.17) is 17.3 Å². The van der Waals surface area contributed by atoms with Gasteiger partial charge in [-0.05, 0) is 31.0 Å². The van der Waals surface area contributed by atoms with E-state index < -0.39 is 5.54 Å². The maximum atomic E-state index is 11.9. The summed E-state index contributed by atoms with van der Waals surface area (Å²) in [6.07, 6.45) is 1.38. The second-order valence-electron chi connectivity index (χ2n) is 5.00. The van der Waals surface area contributed by atoms with Gasteiger partial charge in [-0.2, -0.15) is 0 Å². The van der Waals surface area contributed by atoms with Crippen molar-refractivity contribution in [2.24, 2.45) is 5.73 Å². The molecular weight excluding hydrogens is 266 g/mol. The van der Waals surface area contributed by atoms with E-state index >= 15 is 0 Å². The van der Waals surface area contributed by atoms with Gasteiger partial charge in [-0.15, -0.1) is 0 Å². The zero-order chi connectivity index (χ0) is 14.2. The van der Waals surface area contributed by atoms with Crippen LogP contribution in [0.2, 0.25) is 5.02 Å². The van der Waals surface area contributed by atoms with E-state index in [0.29, 0.717) is 29.1 Å². The molecule has 0 spiro atoms. The van der Waals surface area contributed by atoms with Crippen LogP contribution in [0.3, 0.4) is 0 Å². The zero-order valence-corrected chi connectivity index (χ0v) is 11.6. The number of rotatable bonds is 3. The summed E-state index contributed by atoms with van der Waals surface area (Å²) in [5.41, 5.74) is 5.93. The van der Waals surface area contributed by atoms with Crippen molar-refractivity contribution in [3.05, 3.63) is 28.8 Å². The highest BCUT2D eigenvalue weighted by Crippen LogP contribution is 2.33. The summed E-state index contributed by atoms with van der Waals surface area (Å²) in [6, 6.07) is 4.80. The van der Waals surface area contributed by atoms with Crippen LogP contribution in [0.25, 0.3) is 0 Å². The largest absolute Gasteiger partial charge is 0.345 e. The molecule has 2 rings (SSSR count). The molecule has 102 valence electrons. The fraction of sp³-hybridized carbons (Fsp3) is 0.385. The maximum absolute atomic E-state index is 11.9. The number of carbonyl (C=O) groups is 2. The molecule has 0 unspecified atom stereocenters. The Bertz CT molecular complexity index is 539. The Morgan fingerprint density at radius 3 is 2.53 bits per heavy atom. The highest BCUT2D eigenvalue weighted by atomic mass is 35.5. The summed E-state index contributed by atoms with van der Waals surface area (Å²) in [6.45, 7) is 0. The first-order valence-electron chi connectivity index (χ1n) is 5.95. The Labute approximate surface area is 116 Å². The smallest absolute Gasteiger partial charge is 0.254 e. The third kappa shape index (κ3) is 2.88. The SMILES string of the molecule is CN(C)C(=O)c1cc(NC(=O)C2(N)CC2)ccc1Cl. The van der Waals surface area contributed by atoms with Crippen molar-refractivity contribution >= 4 is 29.1 Å². The molecule has 1 aliphatic rings. The van der Waals surface area contributed by atoms with Crippen molar-refractivity contribution in [2.75, 3.05) is 19.4 Å². The van der Waals surface area contributed by atoms with Crippen LogP contribution in [0.5, 0.6) is 0 Å². The molecule has 0 radical (unpaired) electrons. The number of nitrogens with zero attached hydrogens (tertiary/aromatic N) is 1. The lowest BCUT2D eigenvalue weighted by molar-refractivity contribution is -0.118. The molecule has 0 bridgehead atoms.